The van der Waals surface area contributed by atoms with Crippen LogP contribution in [-0.2, 0) is 4.74 Å². The highest BCUT2D eigenvalue weighted by Gasteiger charge is 2.24. The minimum atomic E-state index is -0.00353. The quantitative estimate of drug-likeness (QED) is 0.483. The van der Waals surface area contributed by atoms with Gasteiger partial charge >= 0.3 is 0 Å². The Hall–Kier alpha value is -1.08. The Kier molecular flexibility index (Phi) is 3.06. The lowest BCUT2D eigenvalue weighted by atomic mass is 10.3. The fraction of sp³-hybridized carbons (Fsp3) is 0.500. The molecule has 0 aromatic heterocycles. The van der Waals surface area contributed by atoms with Gasteiger partial charge < -0.3 is 9.64 Å². The first-order valence-electron chi connectivity index (χ1n) is 3.73. The van der Waals surface area contributed by atoms with Crippen molar-refractivity contribution in [3.05, 3.63) is 12.7 Å². The summed E-state index contributed by atoms with van der Waals surface area (Å²) in [6.07, 6.45) is 2.20. The van der Waals surface area contributed by atoms with Crippen molar-refractivity contribution < 1.29 is 4.74 Å². The summed E-state index contributed by atoms with van der Waals surface area (Å²) in [5.41, 5.74) is 0. The first kappa shape index (κ1) is 9.01. The zero-order chi connectivity index (χ0) is 8.97. The molecule has 3 nitrogen and oxygen atoms in total. The molecule has 0 aromatic carbocycles. The highest BCUT2D eigenvalue weighted by Crippen LogP contribution is 2.11. The molecule has 1 aliphatic heterocycles. The monoisotopic (exact) mass is 182 g/mol. The van der Waals surface area contributed by atoms with E-state index in [1.807, 2.05) is 4.90 Å². The smallest absolute Gasteiger partial charge is 0.260 e. The van der Waals surface area contributed by atoms with E-state index in [1.165, 1.54) is 0 Å². The van der Waals surface area contributed by atoms with Gasteiger partial charge in [0.05, 0.1) is 19.0 Å². The number of ether oxygens (including phenoxy) is 1. The van der Waals surface area contributed by atoms with Crippen molar-refractivity contribution in [2.75, 3.05) is 13.1 Å². The third-order valence-electron chi connectivity index (χ3n) is 1.67. The highest BCUT2D eigenvalue weighted by molar-refractivity contribution is 7.80. The summed E-state index contributed by atoms with van der Waals surface area (Å²) in [7, 11) is 0. The normalized spacial score (nSPS) is 21.8. The van der Waals surface area contributed by atoms with Crippen molar-refractivity contribution in [3.8, 4) is 6.07 Å². The van der Waals surface area contributed by atoms with Crippen molar-refractivity contribution in [2.45, 2.75) is 12.5 Å². The second-order valence-corrected chi connectivity index (χ2v) is 2.86. The molecule has 0 spiro atoms. The Balaban J connectivity index is 2.42. The van der Waals surface area contributed by atoms with Gasteiger partial charge in [-0.3, -0.25) is 0 Å². The van der Waals surface area contributed by atoms with E-state index in [1.54, 1.807) is 6.08 Å². The molecule has 0 aliphatic carbocycles. The number of nitriles is 1. The molecule has 0 saturated carbocycles. The molecule has 0 N–H and O–H groups in total. The maximum Gasteiger partial charge on any atom is 0.260 e. The lowest BCUT2D eigenvalue weighted by Crippen LogP contribution is -2.25. The second kappa shape index (κ2) is 4.07. The third-order valence-corrected chi connectivity index (χ3v) is 2.02. The topological polar surface area (TPSA) is 36.3 Å². The summed E-state index contributed by atoms with van der Waals surface area (Å²) in [5.74, 6) is 0. The Labute approximate surface area is 77.2 Å². The molecule has 1 fully saturated rings. The molecule has 64 valence electrons. The van der Waals surface area contributed by atoms with Crippen LogP contribution in [0.25, 0.3) is 0 Å². The van der Waals surface area contributed by atoms with Crippen molar-refractivity contribution in [1.82, 2.24) is 4.90 Å². The Bertz CT molecular complexity index is 234. The van der Waals surface area contributed by atoms with Crippen LogP contribution >= 0.6 is 12.2 Å². The molecule has 1 heterocycles. The minimum absolute atomic E-state index is 0.00353. The van der Waals surface area contributed by atoms with Crippen LogP contribution in [0.2, 0.25) is 0 Å². The van der Waals surface area contributed by atoms with E-state index in [9.17, 15) is 0 Å². The molecular weight excluding hydrogens is 172 g/mol. The predicted octanol–water partition coefficient (Wildman–Crippen LogP) is 1.07. The first-order valence-corrected chi connectivity index (χ1v) is 4.14. The average molecular weight is 182 g/mol. The maximum absolute atomic E-state index is 8.36. The number of hydrogen-bond donors (Lipinski definition) is 0. The van der Waals surface area contributed by atoms with E-state index in [0.717, 1.165) is 6.54 Å². The van der Waals surface area contributed by atoms with Crippen LogP contribution in [0.1, 0.15) is 6.42 Å². The SMILES string of the molecule is C=C[C@@H]1CN(CCC#N)C(=S)O1. The van der Waals surface area contributed by atoms with Crippen LogP contribution in [0.4, 0.5) is 0 Å². The Morgan fingerprint density at radius 2 is 2.67 bits per heavy atom. The Morgan fingerprint density at radius 1 is 1.92 bits per heavy atom. The minimum Gasteiger partial charge on any atom is -0.461 e. The molecule has 1 saturated heterocycles. The van der Waals surface area contributed by atoms with E-state index in [2.05, 4.69) is 12.6 Å². The molecule has 0 bridgehead atoms. The van der Waals surface area contributed by atoms with Crippen LogP contribution in [0, 0.1) is 11.3 Å². The van der Waals surface area contributed by atoms with Crippen molar-refractivity contribution in [2.24, 2.45) is 0 Å². The van der Waals surface area contributed by atoms with Gasteiger partial charge in [0.1, 0.15) is 6.10 Å². The maximum atomic E-state index is 8.36. The molecule has 1 aliphatic rings. The zero-order valence-electron chi connectivity index (χ0n) is 6.69. The lowest BCUT2D eigenvalue weighted by Gasteiger charge is -2.11. The largest absolute Gasteiger partial charge is 0.461 e. The van der Waals surface area contributed by atoms with E-state index in [0.29, 0.717) is 18.1 Å². The summed E-state index contributed by atoms with van der Waals surface area (Å²) < 4.78 is 5.25. The summed E-state index contributed by atoms with van der Waals surface area (Å²) in [6.45, 7) is 4.99. The molecule has 0 aromatic rings. The Morgan fingerprint density at radius 3 is 3.17 bits per heavy atom. The first-order chi connectivity index (χ1) is 5.77. The van der Waals surface area contributed by atoms with Crippen molar-refractivity contribution in [3.63, 3.8) is 0 Å². The van der Waals surface area contributed by atoms with Gasteiger partial charge in [-0.1, -0.05) is 6.58 Å². The number of hydrogen-bond acceptors (Lipinski definition) is 3. The molecule has 1 rings (SSSR count). The summed E-state index contributed by atoms with van der Waals surface area (Å²) in [6, 6.07) is 2.07. The van der Waals surface area contributed by atoms with Gasteiger partial charge in [-0.2, -0.15) is 5.26 Å². The fourth-order valence-electron chi connectivity index (χ4n) is 1.02. The third kappa shape index (κ3) is 1.95. The summed E-state index contributed by atoms with van der Waals surface area (Å²) in [4.78, 5) is 1.88. The van der Waals surface area contributed by atoms with Gasteiger partial charge in [0.2, 0.25) is 0 Å². The summed E-state index contributed by atoms with van der Waals surface area (Å²) >= 11 is 4.94. The second-order valence-electron chi connectivity index (χ2n) is 2.51. The molecule has 0 radical (unpaired) electrons. The molecule has 1 atom stereocenters. The average Bonchev–Trinajstić information content (AvgIpc) is 2.43. The van der Waals surface area contributed by atoms with Crippen LogP contribution in [-0.4, -0.2) is 29.3 Å². The van der Waals surface area contributed by atoms with Gasteiger partial charge in [0.25, 0.3) is 5.17 Å². The molecule has 12 heavy (non-hydrogen) atoms. The number of thiocarbonyl (C=S) groups is 1. The van der Waals surface area contributed by atoms with Crippen molar-refractivity contribution in [1.29, 1.82) is 5.26 Å². The summed E-state index contributed by atoms with van der Waals surface area (Å²) in [5, 5.41) is 8.84. The molecule has 0 unspecified atom stereocenters. The standard InChI is InChI=1S/C8H10N2OS/c1-2-7-6-10(5-3-4-9)8(12)11-7/h2,7H,1,3,5-6H2/t7-/m1/s1. The van der Waals surface area contributed by atoms with Gasteiger partial charge in [-0.05, 0) is 18.3 Å². The predicted molar refractivity (Wildman–Crippen MR) is 49.5 cm³/mol. The molecular formula is C8H10N2OS. The van der Waals surface area contributed by atoms with Crippen molar-refractivity contribution >= 4 is 17.4 Å². The van der Waals surface area contributed by atoms with E-state index >= 15 is 0 Å². The van der Waals surface area contributed by atoms with Crippen LogP contribution in [0.3, 0.4) is 0 Å². The van der Waals surface area contributed by atoms with E-state index in [-0.39, 0.29) is 6.10 Å². The molecule has 0 amide bonds. The van der Waals surface area contributed by atoms with Crippen LogP contribution in [0.15, 0.2) is 12.7 Å². The lowest BCUT2D eigenvalue weighted by molar-refractivity contribution is 0.286. The van der Waals surface area contributed by atoms with Gasteiger partial charge in [-0.15, -0.1) is 0 Å². The van der Waals surface area contributed by atoms with Gasteiger partial charge in [0, 0.05) is 6.54 Å². The molecule has 4 heteroatoms. The van der Waals surface area contributed by atoms with E-state index in [4.69, 9.17) is 22.2 Å². The highest BCUT2D eigenvalue weighted by atomic mass is 32.1. The van der Waals surface area contributed by atoms with Gasteiger partial charge in [-0.25, -0.2) is 0 Å². The fourth-order valence-corrected chi connectivity index (χ4v) is 1.31. The van der Waals surface area contributed by atoms with Crippen LogP contribution in [0.5, 0.6) is 0 Å². The van der Waals surface area contributed by atoms with E-state index < -0.39 is 0 Å². The number of rotatable bonds is 3. The zero-order valence-corrected chi connectivity index (χ0v) is 7.51. The number of nitrogens with zero attached hydrogens (tertiary/aromatic N) is 2. The van der Waals surface area contributed by atoms with Crippen LogP contribution < -0.4 is 0 Å². The van der Waals surface area contributed by atoms with Gasteiger partial charge in [0.15, 0.2) is 0 Å².